The predicted molar refractivity (Wildman–Crippen MR) is 93.5 cm³/mol. The lowest BCUT2D eigenvalue weighted by atomic mass is 10.1. The number of carbonyl (C=O) groups is 3. The molecule has 0 heterocycles. The molecule has 0 aromatic carbocycles. The third-order valence-corrected chi connectivity index (χ3v) is 3.21. The summed E-state index contributed by atoms with van der Waals surface area (Å²) in [6.45, 7) is -2.07. The van der Waals surface area contributed by atoms with Crippen molar-refractivity contribution in [1.29, 1.82) is 0 Å². The van der Waals surface area contributed by atoms with Gasteiger partial charge in [0.2, 0.25) is 0 Å². The van der Waals surface area contributed by atoms with Gasteiger partial charge in [-0.05, 0) is 0 Å². The number of aliphatic hydroxyl groups is 12. The average molecular weight is 450 g/mol. The van der Waals surface area contributed by atoms with E-state index in [-0.39, 0.29) is 18.9 Å². The first kappa shape index (κ1) is 33.2. The standard InChI is InChI=1S/3C5H10O5/c3*6-1-3(8)5(10)4(9)2-7/h3*1,3-5,7-10H,2H2/t3*3-,4+,5+/m000/s1. The van der Waals surface area contributed by atoms with Gasteiger partial charge in [-0.15, -0.1) is 0 Å². The summed E-state index contributed by atoms with van der Waals surface area (Å²) in [6, 6.07) is 0. The average Bonchev–Trinajstić information content (AvgIpc) is 2.79. The monoisotopic (exact) mass is 450 g/mol. The summed E-state index contributed by atoms with van der Waals surface area (Å²) in [6.07, 6.45) is -13.9. The second-order valence-corrected chi connectivity index (χ2v) is 5.60. The van der Waals surface area contributed by atoms with Gasteiger partial charge in [0.1, 0.15) is 54.9 Å². The van der Waals surface area contributed by atoms with Crippen molar-refractivity contribution in [3.05, 3.63) is 0 Å². The Balaban J connectivity index is -0.000000364. The van der Waals surface area contributed by atoms with Crippen LogP contribution < -0.4 is 0 Å². The van der Waals surface area contributed by atoms with Crippen LogP contribution >= 0.6 is 0 Å². The van der Waals surface area contributed by atoms with E-state index in [1.807, 2.05) is 0 Å². The third-order valence-electron chi connectivity index (χ3n) is 3.21. The van der Waals surface area contributed by atoms with Gasteiger partial charge in [-0.2, -0.15) is 0 Å². The van der Waals surface area contributed by atoms with Crippen LogP contribution in [0.2, 0.25) is 0 Å². The fourth-order valence-corrected chi connectivity index (χ4v) is 1.25. The largest absolute Gasteiger partial charge is 0.394 e. The van der Waals surface area contributed by atoms with Crippen LogP contribution in [0, 0.1) is 0 Å². The summed E-state index contributed by atoms with van der Waals surface area (Å²) in [5.41, 5.74) is 0. The summed E-state index contributed by atoms with van der Waals surface area (Å²) >= 11 is 0. The van der Waals surface area contributed by atoms with Gasteiger partial charge in [-0.3, -0.25) is 0 Å². The van der Waals surface area contributed by atoms with E-state index in [4.69, 9.17) is 61.3 Å². The molecule has 0 aliphatic heterocycles. The SMILES string of the molecule is O=C[C@H](O)[C@@H](O)[C@H](O)CO.O=C[C@H](O)[C@@H](O)[C@H](O)CO.O=C[C@H](O)[C@@H](O)[C@H](O)CO. The molecule has 0 saturated heterocycles. The number of aldehydes is 3. The minimum Gasteiger partial charge on any atom is -0.394 e. The summed E-state index contributed by atoms with van der Waals surface area (Å²) < 4.78 is 0. The van der Waals surface area contributed by atoms with Gasteiger partial charge in [0.25, 0.3) is 0 Å². The molecule has 0 rings (SSSR count). The molecule has 30 heavy (non-hydrogen) atoms. The Labute approximate surface area is 170 Å². The van der Waals surface area contributed by atoms with E-state index in [9.17, 15) is 14.4 Å². The number of rotatable bonds is 12. The highest BCUT2D eigenvalue weighted by Crippen LogP contribution is 1.97. The van der Waals surface area contributed by atoms with Crippen molar-refractivity contribution in [2.45, 2.75) is 54.9 Å². The molecular formula is C15H30O15. The Morgan fingerprint density at radius 1 is 0.433 bits per heavy atom. The molecule has 15 nitrogen and oxygen atoms in total. The first-order chi connectivity index (χ1) is 13.9. The molecule has 0 aromatic rings. The zero-order chi connectivity index (χ0) is 24.4. The smallest absolute Gasteiger partial charge is 0.151 e. The normalized spacial score (nSPS) is 19.6. The second-order valence-electron chi connectivity index (χ2n) is 5.60. The van der Waals surface area contributed by atoms with Gasteiger partial charge < -0.3 is 75.7 Å². The number of hydrogen-bond acceptors (Lipinski definition) is 15. The van der Waals surface area contributed by atoms with Crippen molar-refractivity contribution >= 4 is 18.9 Å². The van der Waals surface area contributed by atoms with Crippen molar-refractivity contribution in [2.24, 2.45) is 0 Å². The molecule has 180 valence electrons. The van der Waals surface area contributed by atoms with Gasteiger partial charge in [0.15, 0.2) is 18.9 Å². The lowest BCUT2D eigenvalue weighted by Crippen LogP contribution is -2.40. The third kappa shape index (κ3) is 14.5. The highest BCUT2D eigenvalue weighted by Gasteiger charge is 2.24. The van der Waals surface area contributed by atoms with Gasteiger partial charge in [0.05, 0.1) is 19.8 Å². The Bertz CT molecular complexity index is 374. The lowest BCUT2D eigenvalue weighted by Gasteiger charge is -2.16. The van der Waals surface area contributed by atoms with Gasteiger partial charge in [-0.1, -0.05) is 0 Å². The van der Waals surface area contributed by atoms with Crippen LogP contribution in [0.5, 0.6) is 0 Å². The minimum atomic E-state index is -1.64. The van der Waals surface area contributed by atoms with E-state index >= 15 is 0 Å². The van der Waals surface area contributed by atoms with Gasteiger partial charge in [0, 0.05) is 0 Å². The molecule has 0 amide bonds. The fourth-order valence-electron chi connectivity index (χ4n) is 1.25. The topological polar surface area (TPSA) is 294 Å². The maximum Gasteiger partial charge on any atom is 0.151 e. The Morgan fingerprint density at radius 3 is 0.700 bits per heavy atom. The summed E-state index contributed by atoms with van der Waals surface area (Å²) in [5.74, 6) is 0. The van der Waals surface area contributed by atoms with Crippen molar-refractivity contribution < 1.29 is 75.7 Å². The molecule has 0 bridgehead atoms. The van der Waals surface area contributed by atoms with Crippen LogP contribution in [-0.4, -0.2) is 155 Å². The van der Waals surface area contributed by atoms with Crippen LogP contribution in [0.4, 0.5) is 0 Å². The molecule has 0 unspecified atom stereocenters. The molecule has 0 spiro atoms. The predicted octanol–water partition coefficient (Wildman–Crippen LogP) is -8.22. The van der Waals surface area contributed by atoms with E-state index in [1.165, 1.54) is 0 Å². The molecule has 0 aliphatic carbocycles. The second kappa shape index (κ2) is 19.5. The molecule has 15 heteroatoms. The Hall–Kier alpha value is -1.47. The van der Waals surface area contributed by atoms with Crippen LogP contribution in [0.15, 0.2) is 0 Å². The van der Waals surface area contributed by atoms with E-state index in [0.29, 0.717) is 0 Å². The lowest BCUT2D eigenvalue weighted by molar-refractivity contribution is -0.128. The molecule has 12 N–H and O–H groups in total. The number of aliphatic hydroxyl groups excluding tert-OH is 12. The van der Waals surface area contributed by atoms with E-state index in [2.05, 4.69) is 0 Å². The highest BCUT2D eigenvalue weighted by molar-refractivity contribution is 5.57. The summed E-state index contributed by atoms with van der Waals surface area (Å²) in [7, 11) is 0. The first-order valence-corrected chi connectivity index (χ1v) is 8.20. The zero-order valence-electron chi connectivity index (χ0n) is 15.6. The van der Waals surface area contributed by atoms with Gasteiger partial charge in [-0.25, -0.2) is 0 Å². The first-order valence-electron chi connectivity index (χ1n) is 8.20. The van der Waals surface area contributed by atoms with Crippen molar-refractivity contribution in [2.75, 3.05) is 19.8 Å². The van der Waals surface area contributed by atoms with E-state index in [1.54, 1.807) is 0 Å². The fraction of sp³-hybridized carbons (Fsp3) is 0.800. The van der Waals surface area contributed by atoms with E-state index < -0.39 is 74.8 Å². The Kier molecular flexibility index (Phi) is 21.6. The summed E-state index contributed by atoms with van der Waals surface area (Å²) in [4.78, 5) is 29.3. The number of carbonyl (C=O) groups excluding carboxylic acids is 3. The minimum absolute atomic E-state index is 0.0869. The Morgan fingerprint density at radius 2 is 0.600 bits per heavy atom. The van der Waals surface area contributed by atoms with Crippen molar-refractivity contribution in [3.8, 4) is 0 Å². The van der Waals surface area contributed by atoms with Crippen LogP contribution in [-0.2, 0) is 14.4 Å². The molecule has 0 saturated carbocycles. The summed E-state index contributed by atoms with van der Waals surface area (Å²) in [5, 5.41) is 102. The van der Waals surface area contributed by atoms with Crippen molar-refractivity contribution in [1.82, 2.24) is 0 Å². The van der Waals surface area contributed by atoms with Crippen molar-refractivity contribution in [3.63, 3.8) is 0 Å². The van der Waals surface area contributed by atoms with Gasteiger partial charge >= 0.3 is 0 Å². The van der Waals surface area contributed by atoms with E-state index in [0.717, 1.165) is 0 Å². The molecule has 0 fully saturated rings. The van der Waals surface area contributed by atoms with Crippen LogP contribution in [0.1, 0.15) is 0 Å². The molecular weight excluding hydrogens is 420 g/mol. The molecule has 0 aliphatic rings. The maximum absolute atomic E-state index is 9.76. The molecule has 9 atom stereocenters. The zero-order valence-corrected chi connectivity index (χ0v) is 15.6. The van der Waals surface area contributed by atoms with Crippen LogP contribution in [0.3, 0.4) is 0 Å². The highest BCUT2D eigenvalue weighted by atomic mass is 16.4. The number of hydrogen-bond donors (Lipinski definition) is 12. The maximum atomic E-state index is 9.76. The molecule has 0 radical (unpaired) electrons. The quantitative estimate of drug-likeness (QED) is 0.123. The van der Waals surface area contributed by atoms with Crippen LogP contribution in [0.25, 0.3) is 0 Å². The molecule has 0 aromatic heterocycles.